The molecule has 0 fully saturated rings. The molecule has 0 heterocycles. The van der Waals surface area contributed by atoms with Crippen molar-refractivity contribution < 1.29 is 28.5 Å². The SMILES string of the molecule is CCOC(=O)c1cc(C2(C)c3cc(C(C)(CC)CC)ccc3-c3ccc(C(C)(CC)CC)cc32)ccc1OCCOCCOCCOC. The molecule has 48 heavy (non-hydrogen) atoms. The Bertz CT molecular complexity index is 1450. The molecular weight excluding hydrogens is 600 g/mol. The molecule has 0 bridgehead atoms. The largest absolute Gasteiger partial charge is 0.490 e. The second kappa shape index (κ2) is 16.5. The Hall–Kier alpha value is -3.19. The number of esters is 1. The summed E-state index contributed by atoms with van der Waals surface area (Å²) in [7, 11) is 1.65. The highest BCUT2D eigenvalue weighted by atomic mass is 16.6. The molecule has 0 aromatic heterocycles. The summed E-state index contributed by atoms with van der Waals surface area (Å²) in [4.78, 5) is 13.5. The molecule has 3 aromatic carbocycles. The van der Waals surface area contributed by atoms with Gasteiger partial charge in [0.05, 0.1) is 39.6 Å². The average molecular weight is 659 g/mol. The first-order valence-corrected chi connectivity index (χ1v) is 18.0. The van der Waals surface area contributed by atoms with Gasteiger partial charge in [0.15, 0.2) is 0 Å². The summed E-state index contributed by atoms with van der Waals surface area (Å²) >= 11 is 0. The highest BCUT2D eigenvalue weighted by molar-refractivity contribution is 5.93. The standard InChI is InChI=1S/C42H58O6/c1-10-40(6,11-2)30-15-18-33-34-19-16-31(41(7,12-3)13-4)29-37(34)42(8,36(33)28-30)32-17-20-38(35(27-32)39(43)47-14-5)48-26-25-46-24-23-45-22-21-44-9/h15-20,27-29H,10-14,21-26H2,1-9H3. The van der Waals surface area contributed by atoms with E-state index in [1.165, 1.54) is 33.4 Å². The molecule has 0 saturated heterocycles. The van der Waals surface area contributed by atoms with Crippen LogP contribution in [0.15, 0.2) is 54.6 Å². The summed E-state index contributed by atoms with van der Waals surface area (Å²) in [5.74, 6) is 0.108. The quantitative estimate of drug-likeness (QED) is 0.0945. The molecule has 3 aromatic rings. The van der Waals surface area contributed by atoms with Gasteiger partial charge in [-0.15, -0.1) is 0 Å². The molecule has 0 radical (unpaired) electrons. The molecule has 0 atom stereocenters. The third kappa shape index (κ3) is 7.51. The van der Waals surface area contributed by atoms with Gasteiger partial charge in [-0.2, -0.15) is 0 Å². The van der Waals surface area contributed by atoms with Crippen molar-refractivity contribution in [2.24, 2.45) is 0 Å². The number of carbonyl (C=O) groups excluding carboxylic acids is 1. The fraction of sp³-hybridized carbons (Fsp3) is 0.548. The maximum absolute atomic E-state index is 13.5. The Kier molecular flexibility index (Phi) is 12.9. The van der Waals surface area contributed by atoms with Gasteiger partial charge in [-0.3, -0.25) is 0 Å². The Morgan fingerprint density at radius 2 is 1.17 bits per heavy atom. The Labute approximate surface area is 289 Å². The van der Waals surface area contributed by atoms with Crippen LogP contribution >= 0.6 is 0 Å². The van der Waals surface area contributed by atoms with Gasteiger partial charge in [0, 0.05) is 12.5 Å². The smallest absolute Gasteiger partial charge is 0.341 e. The number of hydrogen-bond acceptors (Lipinski definition) is 6. The van der Waals surface area contributed by atoms with E-state index in [-0.39, 0.29) is 23.4 Å². The minimum Gasteiger partial charge on any atom is -0.490 e. The third-order valence-corrected chi connectivity index (χ3v) is 11.3. The van der Waals surface area contributed by atoms with E-state index in [2.05, 4.69) is 90.9 Å². The lowest BCUT2D eigenvalue weighted by Crippen LogP contribution is -2.26. The number of hydrogen-bond donors (Lipinski definition) is 0. The zero-order valence-corrected chi connectivity index (χ0v) is 30.9. The topological polar surface area (TPSA) is 63.2 Å². The summed E-state index contributed by atoms with van der Waals surface area (Å²) < 4.78 is 27.8. The van der Waals surface area contributed by atoms with Gasteiger partial charge in [0.25, 0.3) is 0 Å². The van der Waals surface area contributed by atoms with Crippen molar-refractivity contribution in [3.8, 4) is 16.9 Å². The number of benzene rings is 3. The molecule has 0 N–H and O–H groups in total. The molecule has 0 aliphatic heterocycles. The zero-order valence-electron chi connectivity index (χ0n) is 30.9. The van der Waals surface area contributed by atoms with Gasteiger partial charge in [-0.05, 0) is 101 Å². The first-order chi connectivity index (χ1) is 23.1. The molecular formula is C42H58O6. The van der Waals surface area contributed by atoms with Crippen molar-refractivity contribution >= 4 is 5.97 Å². The predicted molar refractivity (Wildman–Crippen MR) is 195 cm³/mol. The number of ether oxygens (including phenoxy) is 5. The Morgan fingerprint density at radius 1 is 0.667 bits per heavy atom. The molecule has 0 spiro atoms. The van der Waals surface area contributed by atoms with Crippen LogP contribution in [0.3, 0.4) is 0 Å². The normalized spacial score (nSPS) is 13.7. The molecule has 1 aliphatic rings. The van der Waals surface area contributed by atoms with Crippen molar-refractivity contribution in [1.29, 1.82) is 0 Å². The first-order valence-electron chi connectivity index (χ1n) is 18.0. The maximum atomic E-state index is 13.5. The van der Waals surface area contributed by atoms with Gasteiger partial charge < -0.3 is 23.7 Å². The van der Waals surface area contributed by atoms with Crippen LogP contribution in [0.1, 0.15) is 119 Å². The highest BCUT2D eigenvalue weighted by Crippen LogP contribution is 2.55. The van der Waals surface area contributed by atoms with E-state index in [0.717, 1.165) is 31.2 Å². The molecule has 6 heteroatoms. The summed E-state index contributed by atoms with van der Waals surface area (Å²) in [5.41, 5.74) is 8.91. The number of rotatable bonds is 19. The van der Waals surface area contributed by atoms with E-state index >= 15 is 0 Å². The predicted octanol–water partition coefficient (Wildman–Crippen LogP) is 9.41. The average Bonchev–Trinajstić information content (AvgIpc) is 3.37. The van der Waals surface area contributed by atoms with E-state index in [4.69, 9.17) is 23.7 Å². The lowest BCUT2D eigenvalue weighted by atomic mass is 9.70. The first kappa shape index (κ1) is 37.6. The molecule has 1 aliphatic carbocycles. The van der Waals surface area contributed by atoms with Crippen molar-refractivity contribution in [2.75, 3.05) is 53.4 Å². The van der Waals surface area contributed by atoms with E-state index in [0.29, 0.717) is 51.0 Å². The van der Waals surface area contributed by atoms with Crippen LogP contribution < -0.4 is 4.74 Å². The summed E-state index contributed by atoms with van der Waals surface area (Å²) in [6, 6.07) is 20.2. The monoisotopic (exact) mass is 658 g/mol. The van der Waals surface area contributed by atoms with Crippen LogP contribution in [0.4, 0.5) is 0 Å². The van der Waals surface area contributed by atoms with Crippen molar-refractivity contribution in [2.45, 2.75) is 97.3 Å². The minimum atomic E-state index is -0.493. The highest BCUT2D eigenvalue weighted by Gasteiger charge is 2.43. The van der Waals surface area contributed by atoms with Gasteiger partial charge in [-0.1, -0.05) is 84.0 Å². The molecule has 0 saturated carbocycles. The van der Waals surface area contributed by atoms with Gasteiger partial charge in [0.1, 0.15) is 17.9 Å². The molecule has 0 unspecified atom stereocenters. The van der Waals surface area contributed by atoms with Crippen molar-refractivity contribution in [3.05, 3.63) is 88.0 Å². The van der Waals surface area contributed by atoms with E-state index in [1.807, 2.05) is 19.1 Å². The lowest BCUT2D eigenvalue weighted by molar-refractivity contribution is 0.0178. The van der Waals surface area contributed by atoms with Gasteiger partial charge in [-0.25, -0.2) is 4.79 Å². The number of fused-ring (bicyclic) bond motifs is 3. The van der Waals surface area contributed by atoms with Crippen molar-refractivity contribution in [1.82, 2.24) is 0 Å². The van der Waals surface area contributed by atoms with E-state index in [1.54, 1.807) is 7.11 Å². The summed E-state index contributed by atoms with van der Waals surface area (Å²) in [5, 5.41) is 0. The van der Waals surface area contributed by atoms with Crippen molar-refractivity contribution in [3.63, 3.8) is 0 Å². The molecule has 262 valence electrons. The lowest BCUT2D eigenvalue weighted by Gasteiger charge is -2.33. The summed E-state index contributed by atoms with van der Waals surface area (Å²) in [6.45, 7) is 21.0. The van der Waals surface area contributed by atoms with Crippen LogP contribution in [0, 0.1) is 0 Å². The third-order valence-electron chi connectivity index (χ3n) is 11.3. The second-order valence-corrected chi connectivity index (χ2v) is 13.7. The van der Waals surface area contributed by atoms with Crippen LogP contribution in [-0.2, 0) is 35.2 Å². The molecule has 4 rings (SSSR count). The van der Waals surface area contributed by atoms with Gasteiger partial charge >= 0.3 is 5.97 Å². The maximum Gasteiger partial charge on any atom is 0.341 e. The Balaban J connectivity index is 1.78. The zero-order chi connectivity index (χ0) is 35.0. The minimum absolute atomic E-state index is 0.0742. The second-order valence-electron chi connectivity index (χ2n) is 13.7. The molecule has 0 amide bonds. The van der Waals surface area contributed by atoms with E-state index < -0.39 is 5.41 Å². The van der Waals surface area contributed by atoms with Crippen LogP contribution in [-0.4, -0.2) is 59.3 Å². The fourth-order valence-corrected chi connectivity index (χ4v) is 6.92. The summed E-state index contributed by atoms with van der Waals surface area (Å²) in [6.07, 6.45) is 4.24. The van der Waals surface area contributed by atoms with Crippen LogP contribution in [0.2, 0.25) is 0 Å². The Morgan fingerprint density at radius 3 is 1.65 bits per heavy atom. The fourth-order valence-electron chi connectivity index (χ4n) is 6.92. The number of carbonyl (C=O) groups is 1. The number of methoxy groups -OCH3 is 1. The molecule has 6 nitrogen and oxygen atoms in total. The van der Waals surface area contributed by atoms with Crippen LogP contribution in [0.5, 0.6) is 5.75 Å². The van der Waals surface area contributed by atoms with Crippen LogP contribution in [0.25, 0.3) is 11.1 Å². The van der Waals surface area contributed by atoms with E-state index in [9.17, 15) is 4.79 Å². The van der Waals surface area contributed by atoms with Gasteiger partial charge in [0.2, 0.25) is 0 Å².